The molecule has 0 aromatic carbocycles. The Morgan fingerprint density at radius 2 is 2.19 bits per heavy atom. The molecular formula is C11H21NO4. The zero-order valence-corrected chi connectivity index (χ0v) is 10.1. The fourth-order valence-corrected chi connectivity index (χ4v) is 1.56. The van der Waals surface area contributed by atoms with Gasteiger partial charge >= 0.3 is 5.97 Å². The zero-order chi connectivity index (χ0) is 12.3. The van der Waals surface area contributed by atoms with Crippen LogP contribution in [0.25, 0.3) is 0 Å². The Balaban J connectivity index is 2.40. The Labute approximate surface area is 95.8 Å². The second-order valence-corrected chi connectivity index (χ2v) is 5.30. The number of esters is 1. The van der Waals surface area contributed by atoms with Gasteiger partial charge in [-0.3, -0.25) is 10.1 Å². The van der Waals surface area contributed by atoms with Gasteiger partial charge in [0.1, 0.15) is 0 Å². The van der Waals surface area contributed by atoms with Crippen molar-refractivity contribution in [2.75, 3.05) is 13.2 Å². The molecule has 3 N–H and O–H groups in total. The molecule has 1 saturated heterocycles. The summed E-state index contributed by atoms with van der Waals surface area (Å²) in [5.74, 6) is -0.313. The maximum atomic E-state index is 11.6. The van der Waals surface area contributed by atoms with Crippen LogP contribution in [0.15, 0.2) is 0 Å². The fraction of sp³-hybridized carbons (Fsp3) is 0.909. The number of hydrogen-bond donors (Lipinski definition) is 3. The van der Waals surface area contributed by atoms with Crippen molar-refractivity contribution in [2.24, 2.45) is 11.3 Å². The highest BCUT2D eigenvalue weighted by molar-refractivity contribution is 5.75. The van der Waals surface area contributed by atoms with E-state index in [0.29, 0.717) is 13.0 Å². The molecular weight excluding hydrogens is 210 g/mol. The van der Waals surface area contributed by atoms with Crippen LogP contribution in [0.1, 0.15) is 27.2 Å². The average molecular weight is 231 g/mol. The van der Waals surface area contributed by atoms with Crippen LogP contribution in [0.2, 0.25) is 0 Å². The highest BCUT2D eigenvalue weighted by Gasteiger charge is 2.33. The lowest BCUT2D eigenvalue weighted by atomic mass is 9.97. The van der Waals surface area contributed by atoms with E-state index in [-0.39, 0.29) is 24.7 Å². The summed E-state index contributed by atoms with van der Waals surface area (Å²) in [6, 6.07) is 0. The van der Waals surface area contributed by atoms with Crippen LogP contribution in [0, 0.1) is 11.3 Å². The molecule has 16 heavy (non-hydrogen) atoms. The molecule has 0 aromatic heterocycles. The lowest BCUT2D eigenvalue weighted by molar-refractivity contribution is -0.159. The minimum atomic E-state index is -0.745. The second-order valence-electron chi connectivity index (χ2n) is 5.30. The summed E-state index contributed by atoms with van der Waals surface area (Å²) in [7, 11) is 0. The van der Waals surface area contributed by atoms with E-state index in [4.69, 9.17) is 9.84 Å². The third kappa shape index (κ3) is 3.43. The van der Waals surface area contributed by atoms with Crippen molar-refractivity contribution in [1.29, 1.82) is 0 Å². The molecule has 5 heteroatoms. The van der Waals surface area contributed by atoms with Crippen molar-refractivity contribution in [1.82, 2.24) is 5.32 Å². The fourth-order valence-electron chi connectivity index (χ4n) is 1.56. The predicted octanol–water partition coefficient (Wildman–Crippen LogP) is -0.136. The number of aliphatic hydroxyl groups excluding tert-OH is 2. The molecule has 94 valence electrons. The van der Waals surface area contributed by atoms with Crippen molar-refractivity contribution >= 4 is 5.97 Å². The summed E-state index contributed by atoms with van der Waals surface area (Å²) in [6.45, 7) is 5.69. The number of rotatable bonds is 3. The average Bonchev–Trinajstić information content (AvgIpc) is 2.63. The van der Waals surface area contributed by atoms with Crippen LogP contribution < -0.4 is 5.32 Å². The first-order valence-corrected chi connectivity index (χ1v) is 5.58. The molecule has 1 heterocycles. The zero-order valence-electron chi connectivity index (χ0n) is 10.1. The van der Waals surface area contributed by atoms with Gasteiger partial charge < -0.3 is 14.9 Å². The predicted molar refractivity (Wildman–Crippen MR) is 58.5 cm³/mol. The van der Waals surface area contributed by atoms with E-state index in [0.717, 1.165) is 0 Å². The third-order valence-corrected chi connectivity index (χ3v) is 2.72. The molecule has 5 nitrogen and oxygen atoms in total. The van der Waals surface area contributed by atoms with Crippen LogP contribution in [0.3, 0.4) is 0 Å². The van der Waals surface area contributed by atoms with Gasteiger partial charge in [0.15, 0.2) is 6.23 Å². The monoisotopic (exact) mass is 231 g/mol. The lowest BCUT2D eigenvalue weighted by Crippen LogP contribution is -2.33. The quantitative estimate of drug-likeness (QED) is 0.589. The third-order valence-electron chi connectivity index (χ3n) is 2.72. The topological polar surface area (TPSA) is 78.8 Å². The van der Waals surface area contributed by atoms with E-state index in [1.165, 1.54) is 0 Å². The molecule has 1 rings (SSSR count). The summed E-state index contributed by atoms with van der Waals surface area (Å²) in [4.78, 5) is 11.6. The number of carbonyl (C=O) groups excluding carboxylic acids is 1. The van der Waals surface area contributed by atoms with Crippen molar-refractivity contribution in [3.05, 3.63) is 0 Å². The van der Waals surface area contributed by atoms with Gasteiger partial charge in [0.25, 0.3) is 0 Å². The van der Waals surface area contributed by atoms with Gasteiger partial charge in [-0.2, -0.15) is 0 Å². The van der Waals surface area contributed by atoms with Crippen LogP contribution in [-0.2, 0) is 9.53 Å². The maximum Gasteiger partial charge on any atom is 0.312 e. The van der Waals surface area contributed by atoms with Gasteiger partial charge in [-0.1, -0.05) is 0 Å². The first-order chi connectivity index (χ1) is 7.34. The van der Waals surface area contributed by atoms with Crippen molar-refractivity contribution in [2.45, 2.75) is 39.5 Å². The first kappa shape index (κ1) is 13.4. The molecule has 0 bridgehead atoms. The van der Waals surface area contributed by atoms with E-state index < -0.39 is 11.5 Å². The molecule has 1 aliphatic heterocycles. The summed E-state index contributed by atoms with van der Waals surface area (Å²) in [5.41, 5.74) is -0.518. The summed E-state index contributed by atoms with van der Waals surface area (Å²) < 4.78 is 5.26. The standard InChI is InChI=1S/C11H21NO4/c1-11(2,3)10(15)16-9-4-7(5-12-9)8(14)6-13/h7-9,12-14H,4-6H2,1-3H3/t7-,8+,9?/m0/s1. The molecule has 1 aliphatic rings. The number of aliphatic hydroxyl groups is 2. The summed E-state index contributed by atoms with van der Waals surface area (Å²) in [6.07, 6.45) is -0.549. The van der Waals surface area contributed by atoms with Gasteiger partial charge in [-0.05, 0) is 20.8 Å². The van der Waals surface area contributed by atoms with Crippen molar-refractivity contribution < 1.29 is 19.7 Å². The number of ether oxygens (including phenoxy) is 1. The largest absolute Gasteiger partial charge is 0.446 e. The van der Waals surface area contributed by atoms with Crippen molar-refractivity contribution in [3.8, 4) is 0 Å². The Hall–Kier alpha value is -0.650. The molecule has 0 amide bonds. The van der Waals surface area contributed by atoms with Crippen LogP contribution >= 0.6 is 0 Å². The van der Waals surface area contributed by atoms with E-state index in [2.05, 4.69) is 5.32 Å². The summed E-state index contributed by atoms with van der Waals surface area (Å²) >= 11 is 0. The van der Waals surface area contributed by atoms with Gasteiger partial charge in [0.05, 0.1) is 18.1 Å². The second kappa shape index (κ2) is 5.12. The van der Waals surface area contributed by atoms with E-state index in [1.54, 1.807) is 20.8 Å². The van der Waals surface area contributed by atoms with E-state index in [9.17, 15) is 9.90 Å². The minimum Gasteiger partial charge on any atom is -0.446 e. The highest BCUT2D eigenvalue weighted by Crippen LogP contribution is 2.22. The van der Waals surface area contributed by atoms with Crippen LogP contribution in [0.5, 0.6) is 0 Å². The Morgan fingerprint density at radius 3 is 2.69 bits per heavy atom. The number of hydrogen-bond acceptors (Lipinski definition) is 5. The number of carbonyl (C=O) groups is 1. The molecule has 1 fully saturated rings. The Morgan fingerprint density at radius 1 is 1.56 bits per heavy atom. The Kier molecular flexibility index (Phi) is 4.29. The molecule has 0 aromatic rings. The highest BCUT2D eigenvalue weighted by atomic mass is 16.6. The molecule has 0 spiro atoms. The minimum absolute atomic E-state index is 0.0530. The molecule has 1 unspecified atom stereocenters. The Bertz CT molecular complexity index is 249. The SMILES string of the molecule is CC(C)(C)C(=O)OC1C[C@H]([C@H](O)CO)CN1. The molecule has 3 atom stereocenters. The molecule has 0 aliphatic carbocycles. The van der Waals surface area contributed by atoms with Gasteiger partial charge in [-0.15, -0.1) is 0 Å². The van der Waals surface area contributed by atoms with Gasteiger partial charge in [-0.25, -0.2) is 0 Å². The summed E-state index contributed by atoms with van der Waals surface area (Å²) in [5, 5.41) is 21.3. The molecule has 0 saturated carbocycles. The van der Waals surface area contributed by atoms with Crippen molar-refractivity contribution in [3.63, 3.8) is 0 Å². The van der Waals surface area contributed by atoms with Gasteiger partial charge in [0.2, 0.25) is 0 Å². The maximum absolute atomic E-state index is 11.6. The first-order valence-electron chi connectivity index (χ1n) is 5.58. The van der Waals surface area contributed by atoms with E-state index >= 15 is 0 Å². The van der Waals surface area contributed by atoms with Crippen LogP contribution in [0.4, 0.5) is 0 Å². The molecule has 0 radical (unpaired) electrons. The van der Waals surface area contributed by atoms with E-state index in [1.807, 2.05) is 0 Å². The lowest BCUT2D eigenvalue weighted by Gasteiger charge is -2.20. The smallest absolute Gasteiger partial charge is 0.312 e. The number of nitrogens with one attached hydrogen (secondary N) is 1. The normalized spacial score (nSPS) is 27.8. The van der Waals surface area contributed by atoms with Gasteiger partial charge in [0, 0.05) is 18.9 Å². The van der Waals surface area contributed by atoms with Crippen LogP contribution in [-0.4, -0.2) is 41.7 Å².